The molecule has 0 bridgehead atoms. The maximum absolute atomic E-state index is 11.9. The van der Waals surface area contributed by atoms with Gasteiger partial charge in [-0.2, -0.15) is 0 Å². The Labute approximate surface area is 220 Å². The Morgan fingerprint density at radius 1 is 1.00 bits per heavy atom. The van der Waals surface area contributed by atoms with Crippen molar-refractivity contribution in [3.8, 4) is 0 Å². The van der Waals surface area contributed by atoms with Crippen LogP contribution in [0.2, 0.25) is 0 Å². The molecule has 5 rings (SSSR count). The lowest BCUT2D eigenvalue weighted by Crippen LogP contribution is -2.38. The predicted molar refractivity (Wildman–Crippen MR) is 129 cm³/mol. The van der Waals surface area contributed by atoms with Gasteiger partial charge in [0.15, 0.2) is 22.9 Å². The predicted octanol–water partition coefficient (Wildman–Crippen LogP) is -3.22. The van der Waals surface area contributed by atoms with Gasteiger partial charge in [0.2, 0.25) is 0 Å². The van der Waals surface area contributed by atoms with Crippen molar-refractivity contribution in [2.45, 2.75) is 56.0 Å². The summed E-state index contributed by atoms with van der Waals surface area (Å²) in [5.74, 6) is 0.201. The Morgan fingerprint density at radius 3 is 2.08 bits per heavy atom. The molecule has 2 fully saturated rings. The van der Waals surface area contributed by atoms with E-state index in [9.17, 15) is 30.0 Å². The summed E-state index contributed by atoms with van der Waals surface area (Å²) in [5.41, 5.74) is 0.320. The summed E-state index contributed by atoms with van der Waals surface area (Å²) in [6.45, 7) is 1.09. The second-order valence-electron chi connectivity index (χ2n) is 9.12. The lowest BCUT2D eigenvalue weighted by atomic mass is 10.1. The van der Waals surface area contributed by atoms with Crippen LogP contribution in [0, 0.1) is 11.7 Å². The quantitative estimate of drug-likeness (QED) is 0.173. The van der Waals surface area contributed by atoms with Crippen molar-refractivity contribution in [2.24, 2.45) is 0 Å². The molecule has 16 nitrogen and oxygen atoms in total. The Morgan fingerprint density at radius 2 is 1.55 bits per heavy atom. The fraction of sp³-hybridized carbons (Fsp3) is 0.619. The Kier molecular flexibility index (Phi) is 8.31. The number of amides is 1. The van der Waals surface area contributed by atoms with Crippen LogP contribution in [0.25, 0.3) is 0 Å². The number of hydrogen-bond acceptors (Lipinski definition) is 13. The lowest BCUT2D eigenvalue weighted by molar-refractivity contribution is -0.0542. The number of imidazole rings is 1. The van der Waals surface area contributed by atoms with E-state index in [0.717, 1.165) is 0 Å². The summed E-state index contributed by atoms with van der Waals surface area (Å²) < 4.78 is 13.6. The highest BCUT2D eigenvalue weighted by Gasteiger charge is 2.45. The van der Waals surface area contributed by atoms with Crippen LogP contribution in [0.3, 0.4) is 0 Å². The summed E-state index contributed by atoms with van der Waals surface area (Å²) in [4.78, 5) is 31.2. The molecule has 0 radical (unpaired) electrons. The van der Waals surface area contributed by atoms with Crippen LogP contribution in [0.5, 0.6) is 0 Å². The monoisotopic (exact) mass is 558 g/mol. The third-order valence-corrected chi connectivity index (χ3v) is 6.87. The number of carbonyl (C=O) groups is 1. The van der Waals surface area contributed by atoms with Crippen LogP contribution < -0.4 is 10.9 Å². The third kappa shape index (κ3) is 4.99. The van der Waals surface area contributed by atoms with Gasteiger partial charge in [0, 0.05) is 18.8 Å². The number of aryl methyl sites for hydroxylation is 1. The van der Waals surface area contributed by atoms with Gasteiger partial charge in [0.1, 0.15) is 42.4 Å². The van der Waals surface area contributed by atoms with Crippen molar-refractivity contribution in [2.75, 3.05) is 32.2 Å². The highest BCUT2D eigenvalue weighted by molar-refractivity contribution is 7.71. The summed E-state index contributed by atoms with van der Waals surface area (Å²) in [6, 6.07) is 0. The molecule has 0 aliphatic carbocycles. The molecule has 5 heterocycles. The number of nitrogens with one attached hydrogen (secondary N) is 2. The number of fused-ring (bicyclic) bond motifs is 1. The normalized spacial score (nSPS) is 32.5. The number of aliphatic hydroxyl groups is 6. The molecule has 2 saturated heterocycles. The van der Waals surface area contributed by atoms with E-state index in [2.05, 4.69) is 15.3 Å². The average molecular weight is 559 g/mol. The minimum Gasteiger partial charge on any atom is -0.394 e. The highest BCUT2D eigenvalue weighted by atomic mass is 32.1. The van der Waals surface area contributed by atoms with Gasteiger partial charge in [0.05, 0.1) is 26.2 Å². The van der Waals surface area contributed by atoms with E-state index in [-0.39, 0.29) is 21.9 Å². The topological polar surface area (TPSA) is 228 Å². The molecule has 2 aromatic heterocycles. The molecule has 8 N–H and O–H groups in total. The Bertz CT molecular complexity index is 1280. The molecule has 1 amide bonds. The van der Waals surface area contributed by atoms with Gasteiger partial charge in [-0.3, -0.25) is 23.7 Å². The van der Waals surface area contributed by atoms with E-state index >= 15 is 0 Å². The van der Waals surface area contributed by atoms with Crippen LogP contribution in [-0.4, -0.2) is 124 Å². The first-order chi connectivity index (χ1) is 18.0. The van der Waals surface area contributed by atoms with Gasteiger partial charge < -0.3 is 50.3 Å². The minimum atomic E-state index is -1.22. The maximum Gasteiger partial charge on any atom is 0.277 e. The average Bonchev–Trinajstić information content (AvgIpc) is 3.54. The van der Waals surface area contributed by atoms with Gasteiger partial charge in [0.25, 0.3) is 11.5 Å². The number of ether oxygens (including phenoxy) is 2. The fourth-order valence-electron chi connectivity index (χ4n) is 4.33. The zero-order valence-electron chi connectivity index (χ0n) is 20.4. The number of H-pyrrole nitrogens is 1. The van der Waals surface area contributed by atoms with Crippen LogP contribution >= 0.6 is 12.2 Å². The van der Waals surface area contributed by atoms with E-state index in [0.29, 0.717) is 18.1 Å². The molecule has 17 heteroatoms. The first-order valence-corrected chi connectivity index (χ1v) is 12.0. The molecular weight excluding hydrogens is 528 g/mol. The number of anilines is 1. The van der Waals surface area contributed by atoms with E-state index in [1.807, 2.05) is 0 Å². The van der Waals surface area contributed by atoms with Gasteiger partial charge in [-0.15, -0.1) is 0 Å². The molecular formula is C21H30N6O10S. The number of nitrogens with zero attached hydrogens (tertiary/aromatic N) is 4. The molecule has 0 saturated carbocycles. The van der Waals surface area contributed by atoms with Crippen LogP contribution in [0.1, 0.15) is 28.5 Å². The Balaban J connectivity index is 0.000000178. The molecule has 4 unspecified atom stereocenters. The number of aromatic nitrogens is 4. The van der Waals surface area contributed by atoms with Crippen LogP contribution in [0.4, 0.5) is 5.82 Å². The lowest BCUT2D eigenvalue weighted by Gasteiger charge is -2.26. The first-order valence-electron chi connectivity index (χ1n) is 11.6. The summed E-state index contributed by atoms with van der Waals surface area (Å²) in [7, 11) is 1.64. The third-order valence-electron chi connectivity index (χ3n) is 6.56. The maximum atomic E-state index is 11.9. The van der Waals surface area contributed by atoms with Crippen LogP contribution in [0.15, 0.2) is 17.3 Å². The molecule has 0 aromatic carbocycles. The summed E-state index contributed by atoms with van der Waals surface area (Å²) in [5, 5.41) is 60.3. The molecule has 38 heavy (non-hydrogen) atoms. The van der Waals surface area contributed by atoms with Crippen molar-refractivity contribution in [1.29, 1.82) is 0 Å². The van der Waals surface area contributed by atoms with Gasteiger partial charge in [-0.05, 0) is 19.1 Å². The molecule has 2 aromatic rings. The molecule has 3 aliphatic rings. The number of rotatable bonds is 4. The summed E-state index contributed by atoms with van der Waals surface area (Å²) >= 11 is 4.97. The van der Waals surface area contributed by atoms with E-state index in [4.69, 9.17) is 31.9 Å². The summed E-state index contributed by atoms with van der Waals surface area (Å²) in [6.07, 6.45) is -5.58. The smallest absolute Gasteiger partial charge is 0.277 e. The molecule has 8 atom stereocenters. The fourth-order valence-corrected chi connectivity index (χ4v) is 4.58. The van der Waals surface area contributed by atoms with Crippen molar-refractivity contribution in [3.63, 3.8) is 0 Å². The second kappa shape index (κ2) is 11.2. The molecule has 0 spiro atoms. The van der Waals surface area contributed by atoms with Crippen molar-refractivity contribution in [3.05, 3.63) is 38.9 Å². The van der Waals surface area contributed by atoms with Crippen molar-refractivity contribution >= 4 is 23.9 Å². The van der Waals surface area contributed by atoms with Crippen molar-refractivity contribution in [1.82, 2.24) is 24.0 Å². The number of carbonyl (C=O) groups excluding carboxylic acids is 1. The van der Waals surface area contributed by atoms with Gasteiger partial charge >= 0.3 is 0 Å². The number of aliphatic hydroxyl groups excluding tert-OH is 6. The Hall–Kier alpha value is -2.74. The largest absolute Gasteiger partial charge is 0.394 e. The molecule has 3 aliphatic heterocycles. The highest BCUT2D eigenvalue weighted by Crippen LogP contribution is 2.34. The minimum absolute atomic E-state index is 0.0837. The first kappa shape index (κ1) is 28.3. The van der Waals surface area contributed by atoms with Gasteiger partial charge in [-0.1, -0.05) is 0 Å². The van der Waals surface area contributed by atoms with Crippen molar-refractivity contribution < 1.29 is 44.9 Å². The zero-order chi connectivity index (χ0) is 27.9. The van der Waals surface area contributed by atoms with E-state index in [1.54, 1.807) is 14.0 Å². The van der Waals surface area contributed by atoms with E-state index in [1.165, 1.54) is 26.6 Å². The second-order valence-corrected chi connectivity index (χ2v) is 9.51. The number of aromatic amines is 1. The zero-order valence-corrected chi connectivity index (χ0v) is 21.2. The SMILES string of the molecule is CN1CNc2c(ncn2[C@@H]2O[C@H](CO)[C@@H](O)[C@H]2O)C1=O.Cc1cn(C2OC(CO)C(O)C2O)c(=S)[nH]c1=O. The van der Waals surface area contributed by atoms with Crippen LogP contribution in [-0.2, 0) is 9.47 Å². The standard InChI is InChI=1S/C11H16N4O5.C10H14N2O5S/c1-14-3-13-9-6(10(14)19)12-4-15(9)11-8(18)7(17)5(2-16)20-11;1-4-2-12(10(18)11-8(4)16)9-7(15)6(14)5(3-13)17-9/h4-5,7-8,11,13,16-18H,2-3H2,1H3;2,5-7,9,13-15H,3H2,1H3,(H,11,16,18)/t5-,7-,8-,11-;/m1./s1. The number of hydrogen-bond donors (Lipinski definition) is 8. The van der Waals surface area contributed by atoms with E-state index < -0.39 is 62.3 Å². The molecule has 210 valence electrons. The van der Waals surface area contributed by atoms with Gasteiger partial charge in [-0.25, -0.2) is 4.98 Å².